The summed E-state index contributed by atoms with van der Waals surface area (Å²) in [6.45, 7) is 0. The van der Waals surface area contributed by atoms with Crippen molar-refractivity contribution < 1.29 is 4.92 Å². The Morgan fingerprint density at radius 2 is 2.29 bits per heavy atom. The molecule has 3 rings (SSSR count). The van der Waals surface area contributed by atoms with E-state index in [0.29, 0.717) is 11.6 Å². The number of nitrogens with zero attached hydrogens (tertiary/aromatic N) is 4. The van der Waals surface area contributed by atoms with Crippen molar-refractivity contribution in [1.82, 2.24) is 20.2 Å². The quantitative estimate of drug-likeness (QED) is 0.573. The van der Waals surface area contributed by atoms with Crippen LogP contribution in [0.15, 0.2) is 46.0 Å². The van der Waals surface area contributed by atoms with Crippen molar-refractivity contribution in [2.45, 2.75) is 16.6 Å². The fourth-order valence-corrected chi connectivity index (χ4v) is 3.16. The van der Waals surface area contributed by atoms with Crippen LogP contribution in [0.3, 0.4) is 0 Å². The maximum absolute atomic E-state index is 10.9. The van der Waals surface area contributed by atoms with Crippen molar-refractivity contribution in [3.05, 3.63) is 56.7 Å². The first-order valence-corrected chi connectivity index (χ1v) is 7.63. The third kappa shape index (κ3) is 3.26. The van der Waals surface area contributed by atoms with Gasteiger partial charge in [-0.25, -0.2) is 9.97 Å². The molecule has 21 heavy (non-hydrogen) atoms. The van der Waals surface area contributed by atoms with Gasteiger partial charge in [0.15, 0.2) is 5.03 Å². The minimum Gasteiger partial charge on any atom is -0.262 e. The van der Waals surface area contributed by atoms with Gasteiger partial charge in [0.2, 0.25) is 5.16 Å². The van der Waals surface area contributed by atoms with Gasteiger partial charge < -0.3 is 0 Å². The molecule has 0 saturated heterocycles. The van der Waals surface area contributed by atoms with Crippen LogP contribution in [-0.2, 0) is 6.42 Å². The Morgan fingerprint density at radius 3 is 3.05 bits per heavy atom. The molecule has 0 aromatic carbocycles. The molecule has 0 saturated carbocycles. The molecule has 0 radical (unpaired) electrons. The number of nitro groups is 1. The number of thiophene rings is 1. The number of aromatic amines is 1. The maximum Gasteiger partial charge on any atom is 0.301 e. The third-order valence-corrected chi connectivity index (χ3v) is 4.32. The van der Waals surface area contributed by atoms with Crippen LogP contribution in [0.5, 0.6) is 0 Å². The van der Waals surface area contributed by atoms with E-state index in [1.807, 2.05) is 17.5 Å². The molecule has 0 aliphatic heterocycles. The molecule has 7 nitrogen and oxygen atoms in total. The fraction of sp³-hybridized carbons (Fsp3) is 0.0833. The average molecular weight is 319 g/mol. The molecule has 3 heterocycles. The monoisotopic (exact) mass is 319 g/mol. The Kier molecular flexibility index (Phi) is 3.93. The van der Waals surface area contributed by atoms with Crippen molar-refractivity contribution in [3.63, 3.8) is 0 Å². The lowest BCUT2D eigenvalue weighted by Gasteiger charge is -1.97. The van der Waals surface area contributed by atoms with Crippen LogP contribution in [0.25, 0.3) is 0 Å². The second-order valence-corrected chi connectivity index (χ2v) is 6.00. The van der Waals surface area contributed by atoms with E-state index in [9.17, 15) is 10.1 Å². The number of hydrogen-bond donors (Lipinski definition) is 1. The van der Waals surface area contributed by atoms with E-state index >= 15 is 0 Å². The molecule has 0 spiro atoms. The summed E-state index contributed by atoms with van der Waals surface area (Å²) in [4.78, 5) is 20.0. The van der Waals surface area contributed by atoms with E-state index in [4.69, 9.17) is 0 Å². The van der Waals surface area contributed by atoms with Gasteiger partial charge in [-0.15, -0.1) is 16.4 Å². The second-order valence-electron chi connectivity index (χ2n) is 4.01. The summed E-state index contributed by atoms with van der Waals surface area (Å²) < 4.78 is 0. The predicted molar refractivity (Wildman–Crippen MR) is 78.5 cm³/mol. The molecule has 0 fully saturated rings. The number of rotatable bonds is 5. The van der Waals surface area contributed by atoms with Gasteiger partial charge in [-0.3, -0.25) is 15.2 Å². The zero-order valence-electron chi connectivity index (χ0n) is 10.6. The van der Waals surface area contributed by atoms with Gasteiger partial charge in [0.1, 0.15) is 5.82 Å². The van der Waals surface area contributed by atoms with E-state index in [1.165, 1.54) is 23.2 Å². The summed E-state index contributed by atoms with van der Waals surface area (Å²) >= 11 is 2.71. The smallest absolute Gasteiger partial charge is 0.262 e. The van der Waals surface area contributed by atoms with E-state index < -0.39 is 4.92 Å². The highest BCUT2D eigenvalue weighted by atomic mass is 32.2. The summed E-state index contributed by atoms with van der Waals surface area (Å²) in [5.74, 6) is 0.721. The normalized spacial score (nSPS) is 10.7. The molecule has 0 bridgehead atoms. The van der Waals surface area contributed by atoms with Crippen LogP contribution in [0, 0.1) is 10.1 Å². The molecule has 3 aromatic rings. The van der Waals surface area contributed by atoms with Gasteiger partial charge in [0.05, 0.1) is 4.92 Å². The maximum atomic E-state index is 10.9. The molecule has 0 aliphatic carbocycles. The zero-order chi connectivity index (χ0) is 14.7. The SMILES string of the molecule is O=[N+]([O-])c1cccnc1Sc1n[nH]c(Cc2cccs2)n1. The average Bonchev–Trinajstić information content (AvgIpc) is 3.12. The van der Waals surface area contributed by atoms with E-state index in [2.05, 4.69) is 20.2 Å². The Bertz CT molecular complexity index is 757. The van der Waals surface area contributed by atoms with Gasteiger partial charge in [-0.1, -0.05) is 6.07 Å². The molecule has 0 aliphatic rings. The van der Waals surface area contributed by atoms with E-state index in [-0.39, 0.29) is 10.7 Å². The van der Waals surface area contributed by atoms with Crippen LogP contribution in [0.2, 0.25) is 0 Å². The van der Waals surface area contributed by atoms with Gasteiger partial charge in [-0.2, -0.15) is 0 Å². The van der Waals surface area contributed by atoms with Crippen LogP contribution < -0.4 is 0 Å². The van der Waals surface area contributed by atoms with Crippen molar-refractivity contribution >= 4 is 28.8 Å². The molecular weight excluding hydrogens is 310 g/mol. The number of hydrogen-bond acceptors (Lipinski definition) is 7. The fourth-order valence-electron chi connectivity index (χ4n) is 1.67. The number of pyridine rings is 1. The molecule has 0 unspecified atom stereocenters. The topological polar surface area (TPSA) is 97.6 Å². The largest absolute Gasteiger partial charge is 0.301 e. The lowest BCUT2D eigenvalue weighted by Crippen LogP contribution is -1.93. The number of H-pyrrole nitrogens is 1. The first-order valence-electron chi connectivity index (χ1n) is 5.93. The van der Waals surface area contributed by atoms with E-state index in [1.54, 1.807) is 11.3 Å². The standard InChI is InChI=1S/C12H9N5O2S2/c18-17(19)9-4-1-5-13-11(9)21-12-14-10(15-16-12)7-8-3-2-6-20-8/h1-6H,7H2,(H,14,15,16). The molecule has 0 atom stereocenters. The van der Waals surface area contributed by atoms with Gasteiger partial charge in [0, 0.05) is 23.6 Å². The zero-order valence-corrected chi connectivity index (χ0v) is 12.2. The Labute approximate surface area is 127 Å². The number of nitrogens with one attached hydrogen (secondary N) is 1. The van der Waals surface area contributed by atoms with Crippen LogP contribution >= 0.6 is 23.1 Å². The first-order chi connectivity index (χ1) is 10.2. The Morgan fingerprint density at radius 1 is 1.38 bits per heavy atom. The minimum absolute atomic E-state index is 0.0490. The Balaban J connectivity index is 1.77. The van der Waals surface area contributed by atoms with Gasteiger partial charge in [0.25, 0.3) is 0 Å². The minimum atomic E-state index is -0.464. The molecule has 0 amide bonds. The summed E-state index contributed by atoms with van der Waals surface area (Å²) in [6.07, 6.45) is 2.17. The van der Waals surface area contributed by atoms with Crippen LogP contribution in [-0.4, -0.2) is 25.1 Å². The van der Waals surface area contributed by atoms with Gasteiger partial charge in [-0.05, 0) is 29.3 Å². The highest BCUT2D eigenvalue weighted by Gasteiger charge is 2.17. The van der Waals surface area contributed by atoms with Crippen LogP contribution in [0.1, 0.15) is 10.7 Å². The first kappa shape index (κ1) is 13.7. The Hall–Kier alpha value is -2.26. The van der Waals surface area contributed by atoms with Crippen molar-refractivity contribution in [1.29, 1.82) is 0 Å². The van der Waals surface area contributed by atoms with Crippen molar-refractivity contribution in [3.8, 4) is 0 Å². The van der Waals surface area contributed by atoms with Crippen LogP contribution in [0.4, 0.5) is 5.69 Å². The van der Waals surface area contributed by atoms with Gasteiger partial charge >= 0.3 is 5.69 Å². The summed E-state index contributed by atoms with van der Waals surface area (Å²) in [7, 11) is 0. The molecule has 3 aromatic heterocycles. The molecule has 9 heteroatoms. The molecule has 1 N–H and O–H groups in total. The lowest BCUT2D eigenvalue weighted by atomic mass is 10.3. The number of aromatic nitrogens is 4. The second kappa shape index (κ2) is 6.02. The molecular formula is C12H9N5O2S2. The third-order valence-electron chi connectivity index (χ3n) is 2.57. The van der Waals surface area contributed by atoms with E-state index in [0.717, 1.165) is 17.6 Å². The highest BCUT2D eigenvalue weighted by Crippen LogP contribution is 2.30. The molecule has 106 valence electrons. The van der Waals surface area contributed by atoms with Crippen molar-refractivity contribution in [2.24, 2.45) is 0 Å². The predicted octanol–water partition coefficient (Wildman–Crippen LogP) is 2.91. The summed E-state index contributed by atoms with van der Waals surface area (Å²) in [5.41, 5.74) is -0.0490. The highest BCUT2D eigenvalue weighted by molar-refractivity contribution is 7.99. The van der Waals surface area contributed by atoms with Crippen molar-refractivity contribution in [2.75, 3.05) is 0 Å². The summed E-state index contributed by atoms with van der Waals surface area (Å²) in [6, 6.07) is 6.93. The lowest BCUT2D eigenvalue weighted by molar-refractivity contribution is -0.388. The summed E-state index contributed by atoms with van der Waals surface area (Å²) in [5, 5.41) is 20.5.